The Kier molecular flexibility index (Phi) is 6.35. The first-order chi connectivity index (χ1) is 14.7. The van der Waals surface area contributed by atoms with Crippen LogP contribution in [0.2, 0.25) is 0 Å². The summed E-state index contributed by atoms with van der Waals surface area (Å²) >= 11 is 1.64. The molecule has 4 rings (SSSR count). The lowest BCUT2D eigenvalue weighted by Gasteiger charge is -2.17. The minimum Gasteiger partial charge on any atom is -0.355 e. The first kappa shape index (κ1) is 20.0. The van der Waals surface area contributed by atoms with Crippen LogP contribution in [0, 0.1) is 6.92 Å². The van der Waals surface area contributed by atoms with Gasteiger partial charge in [-0.25, -0.2) is 4.98 Å². The third-order valence-corrected chi connectivity index (χ3v) is 6.00. The number of aryl methyl sites for hydroxylation is 1. The lowest BCUT2D eigenvalue weighted by molar-refractivity contribution is -0.121. The molecule has 1 N–H and O–H groups in total. The Morgan fingerprint density at radius 1 is 0.900 bits per heavy atom. The fourth-order valence-corrected chi connectivity index (χ4v) is 4.31. The van der Waals surface area contributed by atoms with Crippen LogP contribution in [0.25, 0.3) is 10.6 Å². The van der Waals surface area contributed by atoms with Gasteiger partial charge in [0.2, 0.25) is 5.91 Å². The van der Waals surface area contributed by atoms with Crippen molar-refractivity contribution in [2.75, 3.05) is 6.54 Å². The molecule has 1 aromatic heterocycles. The van der Waals surface area contributed by atoms with Crippen molar-refractivity contribution in [1.82, 2.24) is 10.3 Å². The Balaban J connectivity index is 1.41. The number of nitrogens with one attached hydrogen (secondary N) is 1. The summed E-state index contributed by atoms with van der Waals surface area (Å²) in [6, 6.07) is 28.3. The van der Waals surface area contributed by atoms with Crippen LogP contribution in [0.3, 0.4) is 0 Å². The molecule has 0 spiro atoms. The molecule has 0 saturated carbocycles. The van der Waals surface area contributed by atoms with Gasteiger partial charge in [-0.15, -0.1) is 11.3 Å². The van der Waals surface area contributed by atoms with E-state index in [4.69, 9.17) is 4.98 Å². The summed E-state index contributed by atoms with van der Waals surface area (Å²) in [5, 5.41) is 6.20. The fourth-order valence-electron chi connectivity index (χ4n) is 3.45. The molecule has 0 aliphatic carbocycles. The van der Waals surface area contributed by atoms with E-state index in [0.717, 1.165) is 27.4 Å². The molecule has 0 aliphatic heterocycles. The number of nitrogens with zero attached hydrogens (tertiary/aromatic N) is 1. The van der Waals surface area contributed by atoms with Crippen molar-refractivity contribution in [2.45, 2.75) is 19.3 Å². The van der Waals surface area contributed by atoms with Crippen molar-refractivity contribution in [3.05, 3.63) is 113 Å². The molecule has 1 heterocycles. The van der Waals surface area contributed by atoms with E-state index < -0.39 is 0 Å². The topological polar surface area (TPSA) is 42.0 Å². The number of carbonyl (C=O) groups is 1. The maximum absolute atomic E-state index is 13.1. The molecule has 3 aromatic carbocycles. The molecule has 0 bridgehead atoms. The number of aromatic nitrogens is 1. The molecular formula is C26H24N2OS. The zero-order valence-corrected chi connectivity index (χ0v) is 17.7. The quantitative estimate of drug-likeness (QED) is 0.429. The molecule has 4 heteroatoms. The summed E-state index contributed by atoms with van der Waals surface area (Å²) in [6.45, 7) is 2.64. The number of carbonyl (C=O) groups excluding carboxylic acids is 1. The largest absolute Gasteiger partial charge is 0.355 e. The lowest BCUT2D eigenvalue weighted by atomic mass is 9.90. The van der Waals surface area contributed by atoms with E-state index in [9.17, 15) is 4.79 Å². The molecule has 0 atom stereocenters. The Labute approximate surface area is 181 Å². The fraction of sp³-hybridized carbons (Fsp3) is 0.154. The summed E-state index contributed by atoms with van der Waals surface area (Å²) in [6.07, 6.45) is 0.713. The Morgan fingerprint density at radius 3 is 2.10 bits per heavy atom. The summed E-state index contributed by atoms with van der Waals surface area (Å²) in [4.78, 5) is 17.8. The normalized spacial score (nSPS) is 10.9. The molecule has 1 amide bonds. The van der Waals surface area contributed by atoms with Gasteiger partial charge in [-0.05, 0) is 18.1 Å². The first-order valence-corrected chi connectivity index (χ1v) is 11.0. The zero-order chi connectivity index (χ0) is 20.8. The zero-order valence-electron chi connectivity index (χ0n) is 16.9. The van der Waals surface area contributed by atoms with E-state index in [1.165, 1.54) is 5.56 Å². The van der Waals surface area contributed by atoms with Crippen LogP contribution < -0.4 is 5.32 Å². The molecule has 150 valence electrons. The van der Waals surface area contributed by atoms with E-state index in [1.54, 1.807) is 11.3 Å². The van der Waals surface area contributed by atoms with Crippen LogP contribution in [-0.2, 0) is 11.2 Å². The van der Waals surface area contributed by atoms with Crippen LogP contribution in [0.1, 0.15) is 28.3 Å². The van der Waals surface area contributed by atoms with Gasteiger partial charge in [-0.1, -0.05) is 90.5 Å². The summed E-state index contributed by atoms with van der Waals surface area (Å²) in [5.74, 6) is -0.299. The number of thiazole rings is 1. The third-order valence-electron chi connectivity index (χ3n) is 5.06. The molecule has 0 radical (unpaired) electrons. The average Bonchev–Trinajstić information content (AvgIpc) is 3.25. The minimum atomic E-state index is -0.314. The van der Waals surface area contributed by atoms with Crippen LogP contribution in [0.4, 0.5) is 0 Å². The van der Waals surface area contributed by atoms with Gasteiger partial charge < -0.3 is 5.32 Å². The van der Waals surface area contributed by atoms with Crippen molar-refractivity contribution in [2.24, 2.45) is 0 Å². The highest BCUT2D eigenvalue weighted by Crippen LogP contribution is 2.26. The van der Waals surface area contributed by atoms with Gasteiger partial charge >= 0.3 is 0 Å². The second-order valence-corrected chi connectivity index (χ2v) is 8.16. The van der Waals surface area contributed by atoms with Crippen LogP contribution in [-0.4, -0.2) is 17.4 Å². The first-order valence-electron chi connectivity index (χ1n) is 10.1. The molecule has 0 saturated heterocycles. The van der Waals surface area contributed by atoms with Crippen LogP contribution in [0.15, 0.2) is 90.3 Å². The van der Waals surface area contributed by atoms with Crippen molar-refractivity contribution in [3.8, 4) is 10.6 Å². The molecule has 3 nitrogen and oxygen atoms in total. The van der Waals surface area contributed by atoms with Crippen LogP contribution in [0.5, 0.6) is 0 Å². The SMILES string of the molecule is Cc1ccc(-c2nc(CCNC(=O)C(c3ccccc3)c3ccccc3)cs2)cc1. The Morgan fingerprint density at radius 2 is 1.50 bits per heavy atom. The number of hydrogen-bond acceptors (Lipinski definition) is 3. The second kappa shape index (κ2) is 9.51. The highest BCUT2D eigenvalue weighted by atomic mass is 32.1. The average molecular weight is 413 g/mol. The van der Waals surface area contributed by atoms with Gasteiger partial charge in [-0.2, -0.15) is 0 Å². The maximum atomic E-state index is 13.1. The van der Waals surface area contributed by atoms with E-state index in [1.807, 2.05) is 60.7 Å². The number of benzene rings is 3. The summed E-state index contributed by atoms with van der Waals surface area (Å²) < 4.78 is 0. The summed E-state index contributed by atoms with van der Waals surface area (Å²) in [7, 11) is 0. The smallest absolute Gasteiger partial charge is 0.232 e. The molecule has 0 unspecified atom stereocenters. The minimum absolute atomic E-state index is 0.0152. The predicted molar refractivity (Wildman–Crippen MR) is 124 cm³/mol. The van der Waals surface area contributed by atoms with Gasteiger partial charge in [-0.3, -0.25) is 4.79 Å². The van der Waals surface area contributed by atoms with Crippen molar-refractivity contribution in [1.29, 1.82) is 0 Å². The number of hydrogen-bond donors (Lipinski definition) is 1. The van der Waals surface area contributed by atoms with E-state index in [2.05, 4.69) is 41.9 Å². The summed E-state index contributed by atoms with van der Waals surface area (Å²) in [5.41, 5.74) is 5.37. The number of rotatable bonds is 7. The van der Waals surface area contributed by atoms with E-state index in [0.29, 0.717) is 13.0 Å². The van der Waals surface area contributed by atoms with Gasteiger partial charge in [0, 0.05) is 23.9 Å². The molecule has 0 fully saturated rings. The molecular weight excluding hydrogens is 388 g/mol. The molecule has 4 aromatic rings. The Hall–Kier alpha value is -3.24. The van der Waals surface area contributed by atoms with Crippen molar-refractivity contribution in [3.63, 3.8) is 0 Å². The number of amides is 1. The maximum Gasteiger partial charge on any atom is 0.232 e. The predicted octanol–water partition coefficient (Wildman–Crippen LogP) is 5.61. The van der Waals surface area contributed by atoms with Crippen molar-refractivity contribution >= 4 is 17.2 Å². The Bertz CT molecular complexity index is 1050. The standard InChI is InChI=1S/C26H24N2OS/c1-19-12-14-22(15-13-19)26-28-23(18-30-26)16-17-27-25(29)24(20-8-4-2-5-9-20)21-10-6-3-7-11-21/h2-15,18,24H,16-17H2,1H3,(H,27,29). The molecule has 30 heavy (non-hydrogen) atoms. The lowest BCUT2D eigenvalue weighted by Crippen LogP contribution is -2.31. The van der Waals surface area contributed by atoms with Crippen LogP contribution >= 0.6 is 11.3 Å². The van der Waals surface area contributed by atoms with Gasteiger partial charge in [0.15, 0.2) is 0 Å². The highest BCUT2D eigenvalue weighted by molar-refractivity contribution is 7.13. The van der Waals surface area contributed by atoms with Crippen molar-refractivity contribution < 1.29 is 4.79 Å². The third kappa shape index (κ3) is 4.84. The second-order valence-electron chi connectivity index (χ2n) is 7.31. The van der Waals surface area contributed by atoms with E-state index >= 15 is 0 Å². The van der Waals surface area contributed by atoms with Gasteiger partial charge in [0.1, 0.15) is 5.01 Å². The molecule has 0 aliphatic rings. The highest BCUT2D eigenvalue weighted by Gasteiger charge is 2.22. The van der Waals surface area contributed by atoms with Gasteiger partial charge in [0.25, 0.3) is 0 Å². The monoisotopic (exact) mass is 412 g/mol. The van der Waals surface area contributed by atoms with E-state index in [-0.39, 0.29) is 11.8 Å². The van der Waals surface area contributed by atoms with Gasteiger partial charge in [0.05, 0.1) is 11.6 Å².